The van der Waals surface area contributed by atoms with Crippen LogP contribution >= 0.6 is 0 Å². The second kappa shape index (κ2) is 16.0. The molecule has 0 aliphatic heterocycles. The van der Waals surface area contributed by atoms with Crippen LogP contribution in [0.3, 0.4) is 0 Å². The van der Waals surface area contributed by atoms with Gasteiger partial charge in [0, 0.05) is 39.4 Å². The van der Waals surface area contributed by atoms with E-state index in [4.69, 9.17) is 9.47 Å². The predicted molar refractivity (Wildman–Crippen MR) is 103 cm³/mol. The molecule has 0 aromatic rings. The van der Waals surface area contributed by atoms with Crippen molar-refractivity contribution in [2.24, 2.45) is 10.9 Å². The Morgan fingerprint density at radius 1 is 1.12 bits per heavy atom. The highest BCUT2D eigenvalue weighted by Gasteiger charge is 2.15. The smallest absolute Gasteiger partial charge is 0.407 e. The minimum atomic E-state index is -0.373. The molecule has 0 bridgehead atoms. The first kappa shape index (κ1) is 23.5. The first-order valence-electron chi connectivity index (χ1n) is 9.48. The van der Waals surface area contributed by atoms with Gasteiger partial charge in [-0.05, 0) is 32.1 Å². The zero-order chi connectivity index (χ0) is 18.9. The molecule has 1 amide bonds. The summed E-state index contributed by atoms with van der Waals surface area (Å²) in [5, 5.41) is 9.42. The van der Waals surface area contributed by atoms with Crippen LogP contribution in [0.15, 0.2) is 4.99 Å². The van der Waals surface area contributed by atoms with Crippen LogP contribution in [0.1, 0.15) is 53.4 Å². The maximum Gasteiger partial charge on any atom is 0.407 e. The normalized spacial score (nSPS) is 12.8. The first-order chi connectivity index (χ1) is 12.0. The number of carbonyl (C=O) groups excluding carboxylic acids is 1. The summed E-state index contributed by atoms with van der Waals surface area (Å²) in [5.41, 5.74) is 0. The van der Waals surface area contributed by atoms with Crippen LogP contribution in [0.4, 0.5) is 4.79 Å². The lowest BCUT2D eigenvalue weighted by atomic mass is 10.0. The summed E-state index contributed by atoms with van der Waals surface area (Å²) < 4.78 is 10.5. The molecule has 7 nitrogen and oxygen atoms in total. The maximum atomic E-state index is 11.6. The summed E-state index contributed by atoms with van der Waals surface area (Å²) in [4.78, 5) is 15.9. The number of ether oxygens (including phenoxy) is 2. The fourth-order valence-electron chi connectivity index (χ4n) is 2.27. The van der Waals surface area contributed by atoms with Crippen LogP contribution in [-0.2, 0) is 9.47 Å². The minimum Gasteiger partial charge on any atom is -0.450 e. The molecular weight excluding hydrogens is 320 g/mol. The van der Waals surface area contributed by atoms with E-state index >= 15 is 0 Å². The number of amides is 1. The summed E-state index contributed by atoms with van der Waals surface area (Å²) >= 11 is 0. The Morgan fingerprint density at radius 2 is 1.84 bits per heavy atom. The number of hydrogen-bond acceptors (Lipinski definition) is 4. The van der Waals surface area contributed by atoms with Crippen LogP contribution in [0.25, 0.3) is 0 Å². The molecule has 25 heavy (non-hydrogen) atoms. The molecule has 0 aromatic carbocycles. The Kier molecular flexibility index (Phi) is 15.0. The third-order valence-corrected chi connectivity index (χ3v) is 3.49. The molecule has 1 unspecified atom stereocenters. The van der Waals surface area contributed by atoms with Gasteiger partial charge in [-0.1, -0.05) is 27.2 Å². The van der Waals surface area contributed by atoms with Crippen molar-refractivity contribution in [3.05, 3.63) is 0 Å². The van der Waals surface area contributed by atoms with Gasteiger partial charge in [0.15, 0.2) is 5.96 Å². The topological polar surface area (TPSA) is 84.0 Å². The first-order valence-corrected chi connectivity index (χ1v) is 9.48. The molecule has 7 heteroatoms. The van der Waals surface area contributed by atoms with Gasteiger partial charge in [-0.3, -0.25) is 4.99 Å². The van der Waals surface area contributed by atoms with Crippen molar-refractivity contribution in [1.29, 1.82) is 0 Å². The molecule has 0 heterocycles. The van der Waals surface area contributed by atoms with E-state index in [2.05, 4.69) is 41.7 Å². The lowest BCUT2D eigenvalue weighted by Crippen LogP contribution is -2.47. The quantitative estimate of drug-likeness (QED) is 0.268. The fourth-order valence-corrected chi connectivity index (χ4v) is 2.27. The molecule has 148 valence electrons. The number of alkyl carbamates (subject to hydrolysis) is 1. The number of guanidine groups is 1. The number of carbonyl (C=O) groups is 1. The number of unbranched alkanes of at least 4 members (excludes halogenated alkanes) is 1. The Bertz CT molecular complexity index is 362. The van der Waals surface area contributed by atoms with Crippen molar-refractivity contribution in [3.8, 4) is 0 Å². The molecule has 0 spiro atoms. The van der Waals surface area contributed by atoms with Gasteiger partial charge in [-0.2, -0.15) is 0 Å². The van der Waals surface area contributed by atoms with Crippen LogP contribution in [0.5, 0.6) is 0 Å². The van der Waals surface area contributed by atoms with E-state index < -0.39 is 0 Å². The second-order valence-corrected chi connectivity index (χ2v) is 6.39. The van der Waals surface area contributed by atoms with Gasteiger partial charge in [-0.15, -0.1) is 0 Å². The average molecular weight is 359 g/mol. The van der Waals surface area contributed by atoms with Crippen molar-refractivity contribution in [2.45, 2.75) is 59.4 Å². The van der Waals surface area contributed by atoms with Crippen molar-refractivity contribution in [3.63, 3.8) is 0 Å². The van der Waals surface area contributed by atoms with Crippen molar-refractivity contribution in [1.82, 2.24) is 16.0 Å². The molecule has 0 saturated carbocycles. The lowest BCUT2D eigenvalue weighted by molar-refractivity contribution is 0.129. The highest BCUT2D eigenvalue weighted by molar-refractivity contribution is 5.79. The van der Waals surface area contributed by atoms with E-state index in [0.717, 1.165) is 51.4 Å². The molecule has 0 fully saturated rings. The summed E-state index contributed by atoms with van der Waals surface area (Å²) in [6.45, 7) is 11.6. The van der Waals surface area contributed by atoms with Crippen LogP contribution in [0.2, 0.25) is 0 Å². The number of hydrogen-bond donors (Lipinski definition) is 3. The van der Waals surface area contributed by atoms with Gasteiger partial charge >= 0.3 is 6.09 Å². The molecule has 0 aliphatic rings. The molecule has 1 atom stereocenters. The molecule has 0 rings (SSSR count). The Hall–Kier alpha value is -1.50. The maximum absolute atomic E-state index is 11.6. The monoisotopic (exact) mass is 358 g/mol. The third-order valence-electron chi connectivity index (χ3n) is 3.49. The molecule has 0 radical (unpaired) electrons. The van der Waals surface area contributed by atoms with Crippen LogP contribution in [-0.4, -0.2) is 58.1 Å². The standard InChI is InChI=1S/C18H38N4O3/c1-6-8-11-24-12-9-10-20-17(19-5)21-14-16(13-15(3)4)22-18(23)25-7-2/h15-16H,6-14H2,1-5H3,(H,22,23)(H2,19,20,21). The number of nitrogens with one attached hydrogen (secondary N) is 3. The van der Waals surface area contributed by atoms with Gasteiger partial charge < -0.3 is 25.4 Å². The lowest BCUT2D eigenvalue weighted by Gasteiger charge is -2.22. The van der Waals surface area contributed by atoms with E-state index in [1.165, 1.54) is 0 Å². The zero-order valence-electron chi connectivity index (χ0n) is 16.7. The van der Waals surface area contributed by atoms with E-state index in [9.17, 15) is 4.79 Å². The van der Waals surface area contributed by atoms with Crippen molar-refractivity contribution >= 4 is 12.1 Å². The Balaban J connectivity index is 4.09. The van der Waals surface area contributed by atoms with Crippen LogP contribution < -0.4 is 16.0 Å². The second-order valence-electron chi connectivity index (χ2n) is 6.39. The molecule has 3 N–H and O–H groups in total. The van der Waals surface area contributed by atoms with Crippen molar-refractivity contribution in [2.75, 3.05) is 40.0 Å². The average Bonchev–Trinajstić information content (AvgIpc) is 2.56. The van der Waals surface area contributed by atoms with E-state index in [1.54, 1.807) is 14.0 Å². The largest absolute Gasteiger partial charge is 0.450 e. The SMILES string of the molecule is CCCCOCCCNC(=NC)NCC(CC(C)C)NC(=O)OCC. The highest BCUT2D eigenvalue weighted by atomic mass is 16.5. The van der Waals surface area contributed by atoms with Gasteiger partial charge in [0.05, 0.1) is 6.61 Å². The molecule has 0 saturated heterocycles. The van der Waals surface area contributed by atoms with Gasteiger partial charge in [0.25, 0.3) is 0 Å². The predicted octanol–water partition coefficient (Wildman–Crippen LogP) is 2.52. The molecule has 0 aliphatic carbocycles. The van der Waals surface area contributed by atoms with E-state index in [0.29, 0.717) is 19.1 Å². The van der Waals surface area contributed by atoms with Gasteiger partial charge in [-0.25, -0.2) is 4.79 Å². The number of aliphatic imine (C=N–C) groups is 1. The Labute approximate surface area is 153 Å². The van der Waals surface area contributed by atoms with E-state index in [1.807, 2.05) is 0 Å². The Morgan fingerprint density at radius 3 is 2.44 bits per heavy atom. The third kappa shape index (κ3) is 14.5. The summed E-state index contributed by atoms with van der Waals surface area (Å²) in [6, 6.07) is -0.00465. The number of nitrogens with zero attached hydrogens (tertiary/aromatic N) is 1. The number of rotatable bonds is 13. The fraction of sp³-hybridized carbons (Fsp3) is 0.889. The zero-order valence-corrected chi connectivity index (χ0v) is 16.7. The molecular formula is C18H38N4O3. The van der Waals surface area contributed by atoms with Gasteiger partial charge in [0.1, 0.15) is 0 Å². The van der Waals surface area contributed by atoms with Crippen LogP contribution in [0, 0.1) is 5.92 Å². The summed E-state index contributed by atoms with van der Waals surface area (Å²) in [6.07, 6.45) is 3.70. The summed E-state index contributed by atoms with van der Waals surface area (Å²) in [5.74, 6) is 1.21. The summed E-state index contributed by atoms with van der Waals surface area (Å²) in [7, 11) is 1.74. The minimum absolute atomic E-state index is 0.00465. The van der Waals surface area contributed by atoms with Gasteiger partial charge in [0.2, 0.25) is 0 Å². The molecule has 0 aromatic heterocycles. The van der Waals surface area contributed by atoms with Crippen molar-refractivity contribution < 1.29 is 14.3 Å². The highest BCUT2D eigenvalue weighted by Crippen LogP contribution is 2.04. The van der Waals surface area contributed by atoms with E-state index in [-0.39, 0.29) is 12.1 Å².